The number of aromatic nitrogens is 2. The molecule has 7 heteroatoms. The smallest absolute Gasteiger partial charge is 0.201 e. The van der Waals surface area contributed by atoms with Crippen LogP contribution in [0.1, 0.15) is 5.56 Å². The summed E-state index contributed by atoms with van der Waals surface area (Å²) in [6.07, 6.45) is 1.53. The zero-order chi connectivity index (χ0) is 16.2. The Morgan fingerprint density at radius 1 is 1.09 bits per heavy atom. The first-order valence-corrected chi connectivity index (χ1v) is 8.11. The standard InChI is InChI=1S/C16H15N3O3S/c1-22-13-6-7-15-14(8-13)16(18-10-17-15)12-4-2-11(3-5-12)9-19-23(20)21/h2-8,10,23H,9H2,1H3,(H,19,20,21). The molecule has 6 nitrogen and oxygen atoms in total. The first-order chi connectivity index (χ1) is 11.2. The van der Waals surface area contributed by atoms with Crippen molar-refractivity contribution in [2.24, 2.45) is 0 Å². The third-order valence-electron chi connectivity index (χ3n) is 3.48. The quantitative estimate of drug-likeness (QED) is 0.699. The molecule has 0 fully saturated rings. The summed E-state index contributed by atoms with van der Waals surface area (Å²) in [6, 6.07) is 13.2. The second kappa shape index (κ2) is 6.72. The van der Waals surface area contributed by atoms with Gasteiger partial charge in [-0.3, -0.25) is 0 Å². The minimum atomic E-state index is -2.59. The molecule has 0 spiro atoms. The number of thiol groups is 1. The molecule has 0 bridgehead atoms. The van der Waals surface area contributed by atoms with Crippen molar-refractivity contribution in [3.63, 3.8) is 0 Å². The maximum atomic E-state index is 10.6. The van der Waals surface area contributed by atoms with Crippen LogP contribution in [0, 0.1) is 0 Å². The van der Waals surface area contributed by atoms with E-state index in [1.807, 2.05) is 42.5 Å². The van der Waals surface area contributed by atoms with Crippen LogP contribution in [0.2, 0.25) is 0 Å². The second-order valence-corrected chi connectivity index (χ2v) is 5.72. The fraction of sp³-hybridized carbons (Fsp3) is 0.125. The van der Waals surface area contributed by atoms with E-state index < -0.39 is 10.9 Å². The molecule has 3 aromatic rings. The Morgan fingerprint density at radius 3 is 2.57 bits per heavy atom. The highest BCUT2D eigenvalue weighted by molar-refractivity contribution is 7.70. The van der Waals surface area contributed by atoms with Crippen LogP contribution in [0.3, 0.4) is 0 Å². The van der Waals surface area contributed by atoms with Gasteiger partial charge >= 0.3 is 0 Å². The summed E-state index contributed by atoms with van der Waals surface area (Å²) in [5, 5.41) is 0.903. The first kappa shape index (κ1) is 15.4. The van der Waals surface area contributed by atoms with Crippen LogP contribution in [0.25, 0.3) is 22.2 Å². The van der Waals surface area contributed by atoms with E-state index in [0.29, 0.717) is 0 Å². The predicted molar refractivity (Wildman–Crippen MR) is 88.7 cm³/mol. The van der Waals surface area contributed by atoms with E-state index in [4.69, 9.17) is 4.74 Å². The average Bonchev–Trinajstić information content (AvgIpc) is 2.59. The number of nitrogens with zero attached hydrogens (tertiary/aromatic N) is 2. The van der Waals surface area contributed by atoms with Crippen LogP contribution < -0.4 is 9.46 Å². The molecule has 2 aromatic carbocycles. The van der Waals surface area contributed by atoms with E-state index in [-0.39, 0.29) is 6.54 Å². The van der Waals surface area contributed by atoms with Crippen LogP contribution >= 0.6 is 0 Å². The topological polar surface area (TPSA) is 81.2 Å². The molecule has 0 aliphatic carbocycles. The molecule has 1 N–H and O–H groups in total. The normalized spacial score (nSPS) is 11.0. The zero-order valence-corrected chi connectivity index (χ0v) is 13.3. The van der Waals surface area contributed by atoms with Gasteiger partial charge in [-0.05, 0) is 23.8 Å². The molecule has 0 unspecified atom stereocenters. The molecule has 1 heterocycles. The molecule has 118 valence electrons. The van der Waals surface area contributed by atoms with E-state index in [1.165, 1.54) is 6.33 Å². The number of ether oxygens (including phenoxy) is 1. The highest BCUT2D eigenvalue weighted by Gasteiger charge is 2.08. The molecule has 0 radical (unpaired) electrons. The molecule has 0 aliphatic heterocycles. The van der Waals surface area contributed by atoms with Crippen molar-refractivity contribution >= 4 is 21.8 Å². The van der Waals surface area contributed by atoms with Gasteiger partial charge in [-0.1, -0.05) is 24.3 Å². The molecule has 3 rings (SSSR count). The number of hydrogen-bond acceptors (Lipinski definition) is 5. The number of methoxy groups -OCH3 is 1. The highest BCUT2D eigenvalue weighted by atomic mass is 32.2. The maximum absolute atomic E-state index is 10.6. The fourth-order valence-corrected chi connectivity index (χ4v) is 2.64. The molecule has 0 amide bonds. The van der Waals surface area contributed by atoms with Crippen molar-refractivity contribution in [3.8, 4) is 17.0 Å². The van der Waals surface area contributed by atoms with Crippen LogP contribution in [-0.2, 0) is 17.4 Å². The number of rotatable bonds is 5. The van der Waals surface area contributed by atoms with E-state index in [1.54, 1.807) is 7.11 Å². The minimum Gasteiger partial charge on any atom is -0.497 e. The van der Waals surface area contributed by atoms with Gasteiger partial charge in [0, 0.05) is 17.5 Å². The Hall–Kier alpha value is -2.51. The third kappa shape index (κ3) is 3.46. The lowest BCUT2D eigenvalue weighted by molar-refractivity contribution is 0.415. The monoisotopic (exact) mass is 329 g/mol. The van der Waals surface area contributed by atoms with E-state index in [0.717, 1.165) is 33.5 Å². The first-order valence-electron chi connectivity index (χ1n) is 6.93. The van der Waals surface area contributed by atoms with E-state index in [9.17, 15) is 8.42 Å². The Bertz CT molecular complexity index is 900. The molecular weight excluding hydrogens is 314 g/mol. The second-order valence-electron chi connectivity index (χ2n) is 4.89. The average molecular weight is 329 g/mol. The number of benzene rings is 2. The summed E-state index contributed by atoms with van der Waals surface area (Å²) in [5.74, 6) is 0.744. The Labute approximate surface area is 135 Å². The zero-order valence-electron chi connectivity index (χ0n) is 12.4. The van der Waals surface area contributed by atoms with Crippen molar-refractivity contribution < 1.29 is 13.2 Å². The molecule has 0 saturated carbocycles. The van der Waals surface area contributed by atoms with E-state index >= 15 is 0 Å². The SMILES string of the molecule is COc1ccc2ncnc(-c3ccc(CN[SH](=O)=O)cc3)c2c1. The maximum Gasteiger partial charge on any atom is 0.201 e. The van der Waals surface area contributed by atoms with Crippen molar-refractivity contribution in [1.29, 1.82) is 0 Å². The van der Waals surface area contributed by atoms with Crippen molar-refractivity contribution in [1.82, 2.24) is 14.7 Å². The number of hydrogen-bond donors (Lipinski definition) is 2. The summed E-state index contributed by atoms with van der Waals surface area (Å²) >= 11 is 0. The summed E-state index contributed by atoms with van der Waals surface area (Å²) in [6.45, 7) is 0.275. The van der Waals surface area contributed by atoms with Gasteiger partial charge in [-0.25, -0.2) is 23.1 Å². The van der Waals surface area contributed by atoms with Gasteiger partial charge in [0.15, 0.2) is 0 Å². The van der Waals surface area contributed by atoms with Crippen molar-refractivity contribution in [3.05, 3.63) is 54.4 Å². The van der Waals surface area contributed by atoms with Gasteiger partial charge in [0.1, 0.15) is 12.1 Å². The fourth-order valence-electron chi connectivity index (χ4n) is 2.33. The molecule has 0 aliphatic rings. The molecule has 0 saturated heterocycles. The van der Waals surface area contributed by atoms with Gasteiger partial charge in [-0.15, -0.1) is 0 Å². The third-order valence-corrected chi connectivity index (χ3v) is 3.90. The largest absolute Gasteiger partial charge is 0.497 e. The Morgan fingerprint density at radius 2 is 1.87 bits per heavy atom. The van der Waals surface area contributed by atoms with Gasteiger partial charge in [0.25, 0.3) is 0 Å². The summed E-state index contributed by atoms with van der Waals surface area (Å²) in [4.78, 5) is 8.64. The molecule has 1 aromatic heterocycles. The van der Waals surface area contributed by atoms with Gasteiger partial charge < -0.3 is 4.74 Å². The summed E-state index contributed by atoms with van der Waals surface area (Å²) < 4.78 is 28.8. The minimum absolute atomic E-state index is 0.275. The van der Waals surface area contributed by atoms with Crippen LogP contribution in [0.15, 0.2) is 48.8 Å². The van der Waals surface area contributed by atoms with Crippen molar-refractivity contribution in [2.45, 2.75) is 6.54 Å². The van der Waals surface area contributed by atoms with E-state index in [2.05, 4.69) is 14.7 Å². The number of fused-ring (bicyclic) bond motifs is 1. The van der Waals surface area contributed by atoms with Crippen LogP contribution in [0.4, 0.5) is 0 Å². The van der Waals surface area contributed by atoms with Gasteiger partial charge in [0.2, 0.25) is 10.9 Å². The van der Waals surface area contributed by atoms with Crippen LogP contribution in [-0.4, -0.2) is 25.5 Å². The van der Waals surface area contributed by atoms with Gasteiger partial charge in [-0.2, -0.15) is 0 Å². The lowest BCUT2D eigenvalue weighted by Gasteiger charge is -2.08. The van der Waals surface area contributed by atoms with Gasteiger partial charge in [0.05, 0.1) is 18.3 Å². The highest BCUT2D eigenvalue weighted by Crippen LogP contribution is 2.28. The van der Waals surface area contributed by atoms with Crippen LogP contribution in [0.5, 0.6) is 5.75 Å². The summed E-state index contributed by atoms with van der Waals surface area (Å²) in [5.41, 5.74) is 3.46. The van der Waals surface area contributed by atoms with Crippen molar-refractivity contribution in [2.75, 3.05) is 7.11 Å². The lowest BCUT2D eigenvalue weighted by Crippen LogP contribution is -2.09. The predicted octanol–water partition coefficient (Wildman–Crippen LogP) is 1.92. The number of nitrogens with one attached hydrogen (secondary N) is 1. The summed E-state index contributed by atoms with van der Waals surface area (Å²) in [7, 11) is -0.971. The molecular formula is C16H15N3O3S. The Balaban J connectivity index is 1.99. The lowest BCUT2D eigenvalue weighted by atomic mass is 10.0. The molecule has 0 atom stereocenters. The Kier molecular flexibility index (Phi) is 4.50. The molecule has 23 heavy (non-hydrogen) atoms.